The number of phosphoric acid groups is 2. The molecule has 0 aromatic heterocycles. The van der Waals surface area contributed by atoms with Gasteiger partial charge in [-0.3, -0.25) is 0 Å². The first kappa shape index (κ1) is 13.5. The van der Waals surface area contributed by atoms with E-state index in [1.165, 1.54) is 0 Å². The molecule has 0 aliphatic carbocycles. The van der Waals surface area contributed by atoms with Crippen LogP contribution in [0.4, 0.5) is 4.79 Å². The van der Waals surface area contributed by atoms with Crippen LogP contribution in [0.5, 0.6) is 0 Å². The molecule has 0 fully saturated rings. The van der Waals surface area contributed by atoms with Gasteiger partial charge in [-0.1, -0.05) is 9.35 Å². The minimum absolute atomic E-state index is 2.00. The topological polar surface area (TPSA) is 169 Å². The lowest BCUT2D eigenvalue weighted by Gasteiger charge is -2.03. The second kappa shape index (κ2) is 4.82. The van der Waals surface area contributed by atoms with E-state index in [0.29, 0.717) is 0 Å². The Hall–Kier alpha value is -0.510. The Morgan fingerprint density at radius 3 is 1.36 bits per heavy atom. The summed E-state index contributed by atoms with van der Waals surface area (Å²) in [6.07, 6.45) is -2.00. The summed E-state index contributed by atoms with van der Waals surface area (Å²) in [7, 11) is -10.1. The SMILES string of the molecule is O=C(OOP(=O)(O)O)OOP(=O)(O)O. The van der Waals surface area contributed by atoms with Gasteiger partial charge in [0, 0.05) is 0 Å². The number of hydrogen-bond donors (Lipinski definition) is 4. The van der Waals surface area contributed by atoms with Crippen LogP contribution in [0, 0.1) is 0 Å². The van der Waals surface area contributed by atoms with Gasteiger partial charge in [-0.05, 0) is 0 Å². The van der Waals surface area contributed by atoms with E-state index in [4.69, 9.17) is 19.6 Å². The highest BCUT2D eigenvalue weighted by Crippen LogP contribution is 2.38. The van der Waals surface area contributed by atoms with Gasteiger partial charge < -0.3 is 19.6 Å². The lowest BCUT2D eigenvalue weighted by Crippen LogP contribution is -2.06. The van der Waals surface area contributed by atoms with Gasteiger partial charge in [-0.2, -0.15) is 4.79 Å². The Bertz CT molecular complexity index is 252. The fourth-order valence-electron chi connectivity index (χ4n) is 0.172. The van der Waals surface area contributed by atoms with Crippen molar-refractivity contribution in [2.24, 2.45) is 0 Å². The van der Waals surface area contributed by atoms with Crippen molar-refractivity contribution in [1.82, 2.24) is 0 Å². The molecule has 13 heteroatoms. The fourth-order valence-corrected chi connectivity index (χ4v) is 0.488. The molecule has 0 bridgehead atoms. The summed E-state index contributed by atoms with van der Waals surface area (Å²) in [5, 5.41) is 0. The van der Waals surface area contributed by atoms with Gasteiger partial charge in [0.05, 0.1) is 0 Å². The van der Waals surface area contributed by atoms with Crippen LogP contribution in [0.1, 0.15) is 0 Å². The molecule has 4 N–H and O–H groups in total. The fraction of sp³-hybridized carbons (Fsp3) is 0. The summed E-state index contributed by atoms with van der Waals surface area (Å²) in [5.74, 6) is 0. The maximum absolute atomic E-state index is 10.2. The Kier molecular flexibility index (Phi) is 4.65. The summed E-state index contributed by atoms with van der Waals surface area (Å²) >= 11 is 0. The zero-order valence-electron chi connectivity index (χ0n) is 6.04. The standard InChI is InChI=1S/CH4O11P2/c2-1(9-11-13(3,4)5)10-12-14(6,7)8/h(H2,3,4,5)(H2,6,7,8). The molecule has 0 aromatic rings. The van der Waals surface area contributed by atoms with Gasteiger partial charge in [-0.15, -0.1) is 0 Å². The van der Waals surface area contributed by atoms with Crippen LogP contribution in [0.2, 0.25) is 0 Å². The molecule has 0 saturated carbocycles. The summed E-state index contributed by atoms with van der Waals surface area (Å²) in [5.41, 5.74) is 0. The van der Waals surface area contributed by atoms with Crippen LogP contribution in [0.3, 0.4) is 0 Å². The van der Waals surface area contributed by atoms with Gasteiger partial charge in [0.2, 0.25) is 0 Å². The maximum Gasteiger partial charge on any atom is 0.574 e. The third-order valence-corrected chi connectivity index (χ3v) is 0.942. The second-order valence-electron chi connectivity index (χ2n) is 1.55. The van der Waals surface area contributed by atoms with Crippen LogP contribution in [0.25, 0.3) is 0 Å². The first-order chi connectivity index (χ1) is 6.10. The highest BCUT2D eigenvalue weighted by atomic mass is 31.2. The van der Waals surface area contributed by atoms with E-state index in [0.717, 1.165) is 0 Å². The zero-order chi connectivity index (χ0) is 11.4. The van der Waals surface area contributed by atoms with Crippen molar-refractivity contribution in [1.29, 1.82) is 0 Å². The molecule has 0 atom stereocenters. The molecule has 14 heavy (non-hydrogen) atoms. The minimum Gasteiger partial charge on any atom is -0.301 e. The van der Waals surface area contributed by atoms with Crippen LogP contribution >= 0.6 is 15.6 Å². The molecular weight excluding hydrogens is 250 g/mol. The summed E-state index contributed by atoms with van der Waals surface area (Å²) in [4.78, 5) is 48.4. The average Bonchev–Trinajstić information content (AvgIpc) is 1.94. The van der Waals surface area contributed by atoms with Crippen molar-refractivity contribution in [2.75, 3.05) is 0 Å². The van der Waals surface area contributed by atoms with Crippen LogP contribution in [-0.2, 0) is 28.3 Å². The van der Waals surface area contributed by atoms with Crippen LogP contribution in [-0.4, -0.2) is 25.7 Å². The number of rotatable bonds is 4. The predicted octanol–water partition coefficient (Wildman–Crippen LogP) is -0.812. The van der Waals surface area contributed by atoms with E-state index in [1.807, 2.05) is 0 Å². The van der Waals surface area contributed by atoms with Crippen molar-refractivity contribution in [2.45, 2.75) is 0 Å². The Morgan fingerprint density at radius 1 is 0.857 bits per heavy atom. The van der Waals surface area contributed by atoms with Gasteiger partial charge in [-0.25, -0.2) is 18.9 Å². The van der Waals surface area contributed by atoms with Crippen molar-refractivity contribution in [3.63, 3.8) is 0 Å². The maximum atomic E-state index is 10.2. The highest BCUT2D eigenvalue weighted by Gasteiger charge is 2.24. The van der Waals surface area contributed by atoms with Crippen LogP contribution in [0.15, 0.2) is 0 Å². The van der Waals surface area contributed by atoms with E-state index in [1.54, 1.807) is 0 Å². The lowest BCUT2D eigenvalue weighted by atomic mass is 11.4. The molecule has 84 valence electrons. The van der Waals surface area contributed by atoms with Gasteiger partial charge >= 0.3 is 21.8 Å². The molecule has 0 amide bonds. The molecule has 0 rings (SSSR count). The van der Waals surface area contributed by atoms with E-state index >= 15 is 0 Å². The first-order valence-corrected chi connectivity index (χ1v) is 5.54. The van der Waals surface area contributed by atoms with Gasteiger partial charge in [0.15, 0.2) is 0 Å². The minimum atomic E-state index is -5.06. The van der Waals surface area contributed by atoms with Crippen molar-refractivity contribution >= 4 is 21.8 Å². The molecule has 0 aliphatic heterocycles. The zero-order valence-corrected chi connectivity index (χ0v) is 7.83. The second-order valence-corrected chi connectivity index (χ2v) is 3.81. The summed E-state index contributed by atoms with van der Waals surface area (Å²) in [6.45, 7) is 0. The number of carbonyl (C=O) groups is 1. The highest BCUT2D eigenvalue weighted by molar-refractivity contribution is 7.46. The molecule has 0 spiro atoms. The lowest BCUT2D eigenvalue weighted by molar-refractivity contribution is -0.250. The summed E-state index contributed by atoms with van der Waals surface area (Å²) < 4.78 is 26.0. The quantitative estimate of drug-likeness (QED) is 0.281. The molecule has 0 heterocycles. The summed E-state index contributed by atoms with van der Waals surface area (Å²) in [6, 6.07) is 0. The first-order valence-electron chi connectivity index (χ1n) is 2.48. The average molecular weight is 254 g/mol. The van der Waals surface area contributed by atoms with Crippen molar-refractivity contribution in [3.05, 3.63) is 0 Å². The third-order valence-electron chi connectivity index (χ3n) is 0.405. The molecule has 0 aliphatic rings. The van der Waals surface area contributed by atoms with Crippen molar-refractivity contribution in [3.8, 4) is 0 Å². The van der Waals surface area contributed by atoms with Gasteiger partial charge in [0.25, 0.3) is 0 Å². The number of hydrogen-bond acceptors (Lipinski definition) is 7. The molecule has 11 nitrogen and oxygen atoms in total. The van der Waals surface area contributed by atoms with E-state index in [-0.39, 0.29) is 0 Å². The van der Waals surface area contributed by atoms with E-state index in [9.17, 15) is 13.9 Å². The Morgan fingerprint density at radius 2 is 1.14 bits per heavy atom. The number of carbonyl (C=O) groups excluding carboxylic acids is 1. The molecule has 0 aromatic carbocycles. The molecule has 0 unspecified atom stereocenters. The Balaban J connectivity index is 3.79. The molecule has 0 saturated heterocycles. The predicted molar refractivity (Wildman–Crippen MR) is 33.8 cm³/mol. The molecule has 0 radical (unpaired) electrons. The Labute approximate surface area is 75.5 Å². The monoisotopic (exact) mass is 254 g/mol. The molecular formula is CH4O11P2. The normalized spacial score (nSPS) is 12.3. The largest absolute Gasteiger partial charge is 0.574 e. The van der Waals surface area contributed by atoms with Crippen LogP contribution < -0.4 is 0 Å². The smallest absolute Gasteiger partial charge is 0.301 e. The third kappa shape index (κ3) is 9.58. The van der Waals surface area contributed by atoms with E-state index in [2.05, 4.69) is 19.1 Å². The van der Waals surface area contributed by atoms with Gasteiger partial charge in [0.1, 0.15) is 0 Å². The van der Waals surface area contributed by atoms with E-state index < -0.39 is 21.8 Å². The van der Waals surface area contributed by atoms with Crippen molar-refractivity contribution < 1.29 is 52.6 Å².